The second-order valence-electron chi connectivity index (χ2n) is 4.62. The van der Waals surface area contributed by atoms with E-state index in [1.807, 2.05) is 12.1 Å². The summed E-state index contributed by atoms with van der Waals surface area (Å²) < 4.78 is 3.26. The summed E-state index contributed by atoms with van der Waals surface area (Å²) in [6.07, 6.45) is 1.10. The van der Waals surface area contributed by atoms with Crippen LogP contribution in [0.2, 0.25) is 0 Å². The lowest BCUT2D eigenvalue weighted by atomic mass is 10.2. The Bertz CT molecular complexity index is 546. The van der Waals surface area contributed by atoms with Crippen molar-refractivity contribution in [1.29, 1.82) is 0 Å². The first-order chi connectivity index (χ1) is 9.17. The predicted octanol–water partition coefficient (Wildman–Crippen LogP) is 2.96. The van der Waals surface area contributed by atoms with E-state index in [4.69, 9.17) is 5.73 Å². The van der Waals surface area contributed by atoms with Crippen molar-refractivity contribution in [2.45, 2.75) is 26.8 Å². The molecule has 4 nitrogen and oxygen atoms in total. The summed E-state index contributed by atoms with van der Waals surface area (Å²) in [5.41, 5.74) is 7.15. The number of hydrogen-bond acceptors (Lipinski definition) is 3. The number of benzene rings is 1. The molecule has 1 heterocycles. The molecule has 0 aliphatic heterocycles. The summed E-state index contributed by atoms with van der Waals surface area (Å²) >= 11 is 2.35. The van der Waals surface area contributed by atoms with E-state index in [1.165, 1.54) is 9.09 Å². The average molecular weight is 372 g/mol. The third-order valence-corrected chi connectivity index (χ3v) is 4.36. The zero-order valence-corrected chi connectivity index (χ0v) is 13.7. The molecule has 19 heavy (non-hydrogen) atoms. The molecule has 0 aliphatic rings. The fourth-order valence-electron chi connectivity index (χ4n) is 2.36. The highest BCUT2D eigenvalue weighted by Gasteiger charge is 2.10. The molecule has 0 atom stereocenters. The highest BCUT2D eigenvalue weighted by molar-refractivity contribution is 14.1. The summed E-state index contributed by atoms with van der Waals surface area (Å²) in [4.78, 5) is 2.43. The molecule has 2 N–H and O–H groups in total. The van der Waals surface area contributed by atoms with Gasteiger partial charge in [-0.1, -0.05) is 19.9 Å². The molecule has 0 spiro atoms. The van der Waals surface area contributed by atoms with E-state index in [0.29, 0.717) is 5.82 Å². The number of fused-ring (bicyclic) bond motifs is 1. The number of aryl methyl sites for hydroxylation is 1. The number of anilines is 1. The molecule has 104 valence electrons. The maximum absolute atomic E-state index is 5.98. The summed E-state index contributed by atoms with van der Waals surface area (Å²) in [5, 5.41) is 5.53. The van der Waals surface area contributed by atoms with Gasteiger partial charge in [0.2, 0.25) is 0 Å². The largest absolute Gasteiger partial charge is 0.382 e. The van der Waals surface area contributed by atoms with Crippen LogP contribution in [0.15, 0.2) is 18.2 Å². The summed E-state index contributed by atoms with van der Waals surface area (Å²) in [7, 11) is 0. The number of para-hydroxylation sites is 1. The van der Waals surface area contributed by atoms with Gasteiger partial charge in [0.15, 0.2) is 5.82 Å². The number of aromatic nitrogens is 2. The van der Waals surface area contributed by atoms with Gasteiger partial charge in [-0.25, -0.2) is 0 Å². The van der Waals surface area contributed by atoms with Gasteiger partial charge in [0.05, 0.1) is 5.52 Å². The van der Waals surface area contributed by atoms with Gasteiger partial charge in [0.25, 0.3) is 0 Å². The molecule has 0 saturated carbocycles. The fraction of sp³-hybridized carbons (Fsp3) is 0.500. The first-order valence-corrected chi connectivity index (χ1v) is 7.88. The predicted molar refractivity (Wildman–Crippen MR) is 89.3 cm³/mol. The minimum absolute atomic E-state index is 0.636. The second-order valence-corrected chi connectivity index (χ2v) is 5.79. The van der Waals surface area contributed by atoms with Crippen LogP contribution >= 0.6 is 22.6 Å². The Labute approximate surface area is 128 Å². The number of nitrogens with two attached hydrogens (primary N) is 1. The van der Waals surface area contributed by atoms with Crippen molar-refractivity contribution >= 4 is 39.3 Å². The Morgan fingerprint density at radius 3 is 2.74 bits per heavy atom. The molecule has 1 aromatic heterocycles. The van der Waals surface area contributed by atoms with E-state index in [2.05, 4.69) is 57.2 Å². The molecule has 1 aromatic carbocycles. The van der Waals surface area contributed by atoms with Crippen molar-refractivity contribution in [2.75, 3.05) is 25.4 Å². The van der Waals surface area contributed by atoms with Gasteiger partial charge in [-0.3, -0.25) is 4.68 Å². The fourth-order valence-corrected chi connectivity index (χ4v) is 3.14. The Morgan fingerprint density at radius 2 is 2.05 bits per heavy atom. The highest BCUT2D eigenvalue weighted by Crippen LogP contribution is 2.25. The average Bonchev–Trinajstić information content (AvgIpc) is 2.73. The maximum Gasteiger partial charge on any atom is 0.153 e. The summed E-state index contributed by atoms with van der Waals surface area (Å²) in [6, 6.07) is 6.17. The molecular formula is C14H21IN4. The van der Waals surface area contributed by atoms with Gasteiger partial charge < -0.3 is 10.6 Å². The highest BCUT2D eigenvalue weighted by atomic mass is 127. The van der Waals surface area contributed by atoms with Gasteiger partial charge in [-0.05, 0) is 60.8 Å². The van der Waals surface area contributed by atoms with Crippen molar-refractivity contribution in [3.8, 4) is 0 Å². The molecule has 0 aliphatic carbocycles. The van der Waals surface area contributed by atoms with Crippen LogP contribution in [0.4, 0.5) is 5.82 Å². The zero-order chi connectivity index (χ0) is 13.8. The van der Waals surface area contributed by atoms with E-state index < -0.39 is 0 Å². The van der Waals surface area contributed by atoms with Gasteiger partial charge in [-0.15, -0.1) is 0 Å². The van der Waals surface area contributed by atoms with Crippen LogP contribution in [-0.2, 0) is 6.54 Å². The normalized spacial score (nSPS) is 11.6. The molecule has 0 amide bonds. The number of nitrogens with zero attached hydrogens (tertiary/aromatic N) is 3. The second kappa shape index (κ2) is 6.56. The van der Waals surface area contributed by atoms with Crippen molar-refractivity contribution in [1.82, 2.24) is 14.7 Å². The number of halogens is 1. The van der Waals surface area contributed by atoms with Crippen LogP contribution in [0.1, 0.15) is 20.3 Å². The van der Waals surface area contributed by atoms with Gasteiger partial charge in [0, 0.05) is 15.5 Å². The number of hydrogen-bond donors (Lipinski definition) is 1. The van der Waals surface area contributed by atoms with E-state index in [0.717, 1.165) is 38.0 Å². The Morgan fingerprint density at radius 1 is 1.32 bits per heavy atom. The van der Waals surface area contributed by atoms with Crippen LogP contribution < -0.4 is 5.73 Å². The third-order valence-electron chi connectivity index (χ3n) is 3.49. The van der Waals surface area contributed by atoms with Crippen LogP contribution in [0.25, 0.3) is 10.9 Å². The lowest BCUT2D eigenvalue weighted by Crippen LogP contribution is -2.25. The smallest absolute Gasteiger partial charge is 0.153 e. The van der Waals surface area contributed by atoms with Crippen molar-refractivity contribution in [3.63, 3.8) is 0 Å². The van der Waals surface area contributed by atoms with E-state index in [1.54, 1.807) is 0 Å². The Balaban J connectivity index is 2.13. The Kier molecular flexibility index (Phi) is 5.04. The molecule has 0 fully saturated rings. The maximum atomic E-state index is 5.98. The molecular weight excluding hydrogens is 351 g/mol. The number of rotatable bonds is 6. The number of nitrogen functional groups attached to an aromatic ring is 1. The van der Waals surface area contributed by atoms with Crippen LogP contribution in [0.5, 0.6) is 0 Å². The molecule has 0 saturated heterocycles. The van der Waals surface area contributed by atoms with Crippen molar-refractivity contribution in [3.05, 3.63) is 21.8 Å². The van der Waals surface area contributed by atoms with E-state index in [-0.39, 0.29) is 0 Å². The zero-order valence-electron chi connectivity index (χ0n) is 11.6. The van der Waals surface area contributed by atoms with E-state index >= 15 is 0 Å². The topological polar surface area (TPSA) is 47.1 Å². The van der Waals surface area contributed by atoms with Crippen molar-refractivity contribution in [2.24, 2.45) is 0 Å². The van der Waals surface area contributed by atoms with Crippen LogP contribution in [0, 0.1) is 3.57 Å². The monoisotopic (exact) mass is 372 g/mol. The quantitative estimate of drug-likeness (QED) is 0.794. The standard InChI is InChI=1S/C14H21IN4/c1-3-18(4-2)9-6-10-19-13-11(14(16)17-19)7-5-8-12(13)15/h5,7-8H,3-4,6,9-10H2,1-2H3,(H2,16,17). The minimum atomic E-state index is 0.636. The molecule has 0 unspecified atom stereocenters. The molecule has 2 aromatic rings. The lowest BCUT2D eigenvalue weighted by molar-refractivity contribution is 0.292. The minimum Gasteiger partial charge on any atom is -0.382 e. The molecule has 2 rings (SSSR count). The molecule has 5 heteroatoms. The van der Waals surface area contributed by atoms with Gasteiger partial charge in [-0.2, -0.15) is 5.10 Å². The molecule has 0 bridgehead atoms. The van der Waals surface area contributed by atoms with Crippen LogP contribution in [0.3, 0.4) is 0 Å². The lowest BCUT2D eigenvalue weighted by Gasteiger charge is -2.17. The third kappa shape index (κ3) is 3.20. The summed E-state index contributed by atoms with van der Waals surface area (Å²) in [6.45, 7) is 8.65. The Hall–Kier alpha value is -0.820. The van der Waals surface area contributed by atoms with Crippen molar-refractivity contribution < 1.29 is 0 Å². The first kappa shape index (κ1) is 14.6. The summed E-state index contributed by atoms with van der Waals surface area (Å²) in [5.74, 6) is 0.636. The van der Waals surface area contributed by atoms with Crippen LogP contribution in [-0.4, -0.2) is 34.3 Å². The van der Waals surface area contributed by atoms with Gasteiger partial charge >= 0.3 is 0 Å². The molecule has 0 radical (unpaired) electrons. The van der Waals surface area contributed by atoms with E-state index in [9.17, 15) is 0 Å². The van der Waals surface area contributed by atoms with Gasteiger partial charge in [0.1, 0.15) is 0 Å². The first-order valence-electron chi connectivity index (χ1n) is 6.80. The SMILES string of the molecule is CCN(CC)CCCn1nc(N)c2cccc(I)c21.